The number of ether oxygens (including phenoxy) is 1. The van der Waals surface area contributed by atoms with Crippen molar-refractivity contribution in [2.45, 2.75) is 0 Å². The maximum absolute atomic E-state index is 6.04. The van der Waals surface area contributed by atoms with Crippen molar-refractivity contribution in [2.75, 3.05) is 11.5 Å². The predicted molar refractivity (Wildman–Crippen MR) is 79.3 cm³/mol. The van der Waals surface area contributed by atoms with Gasteiger partial charge in [-0.25, -0.2) is 0 Å². The van der Waals surface area contributed by atoms with Crippen LogP contribution >= 0.6 is 0 Å². The Bertz CT molecular complexity index is 723. The number of hydrogen-bond acceptors (Lipinski definition) is 3. The zero-order valence-corrected chi connectivity index (χ0v) is 10.3. The summed E-state index contributed by atoms with van der Waals surface area (Å²) in [6, 6.07) is 19.0. The first kappa shape index (κ1) is 11.4. The van der Waals surface area contributed by atoms with E-state index in [9.17, 15) is 0 Å². The second kappa shape index (κ2) is 4.53. The molecule has 0 aromatic heterocycles. The molecule has 3 heteroatoms. The Morgan fingerprint density at radius 3 is 2.26 bits per heavy atom. The molecule has 3 rings (SSSR count). The molecule has 94 valence electrons. The maximum Gasteiger partial charge on any atom is 0.137 e. The molecule has 0 saturated carbocycles. The van der Waals surface area contributed by atoms with Crippen LogP contribution in [-0.4, -0.2) is 0 Å². The van der Waals surface area contributed by atoms with E-state index in [1.165, 1.54) is 0 Å². The predicted octanol–water partition coefficient (Wildman–Crippen LogP) is 3.80. The van der Waals surface area contributed by atoms with E-state index in [1.54, 1.807) is 0 Å². The monoisotopic (exact) mass is 250 g/mol. The van der Waals surface area contributed by atoms with E-state index in [0.717, 1.165) is 16.5 Å². The highest BCUT2D eigenvalue weighted by Gasteiger charge is 2.08. The lowest BCUT2D eigenvalue weighted by Gasteiger charge is -2.12. The van der Waals surface area contributed by atoms with E-state index in [-0.39, 0.29) is 0 Å². The van der Waals surface area contributed by atoms with Crippen LogP contribution in [0.5, 0.6) is 11.5 Å². The van der Waals surface area contributed by atoms with E-state index < -0.39 is 0 Å². The van der Waals surface area contributed by atoms with Gasteiger partial charge >= 0.3 is 0 Å². The van der Waals surface area contributed by atoms with E-state index in [1.807, 2.05) is 60.7 Å². The van der Waals surface area contributed by atoms with Crippen LogP contribution in [0.15, 0.2) is 60.7 Å². The summed E-state index contributed by atoms with van der Waals surface area (Å²) in [7, 11) is 0. The molecule has 0 atom stereocenters. The molecular weight excluding hydrogens is 236 g/mol. The molecule has 0 aliphatic heterocycles. The van der Waals surface area contributed by atoms with E-state index in [4.69, 9.17) is 16.2 Å². The van der Waals surface area contributed by atoms with Crippen LogP contribution in [0.4, 0.5) is 11.4 Å². The van der Waals surface area contributed by atoms with Crippen LogP contribution in [0.3, 0.4) is 0 Å². The van der Waals surface area contributed by atoms with Gasteiger partial charge in [0.15, 0.2) is 0 Å². The van der Waals surface area contributed by atoms with Crippen molar-refractivity contribution in [1.82, 2.24) is 0 Å². The molecule has 19 heavy (non-hydrogen) atoms. The smallest absolute Gasteiger partial charge is 0.137 e. The molecule has 4 N–H and O–H groups in total. The maximum atomic E-state index is 6.04. The molecule has 3 aromatic carbocycles. The van der Waals surface area contributed by atoms with E-state index in [0.29, 0.717) is 17.1 Å². The SMILES string of the molecule is Nc1ccc(Oc2ccccc2)c2c(N)cccc12. The third-order valence-corrected chi connectivity index (χ3v) is 3.04. The largest absolute Gasteiger partial charge is 0.457 e. The molecule has 0 fully saturated rings. The van der Waals surface area contributed by atoms with Crippen LogP contribution in [0.2, 0.25) is 0 Å². The Hall–Kier alpha value is -2.68. The van der Waals surface area contributed by atoms with E-state index in [2.05, 4.69) is 0 Å². The minimum atomic E-state index is 0.663. The molecule has 0 aliphatic carbocycles. The molecule has 0 unspecified atom stereocenters. The fourth-order valence-electron chi connectivity index (χ4n) is 2.12. The molecule has 0 spiro atoms. The lowest BCUT2D eigenvalue weighted by Crippen LogP contribution is -1.94. The average molecular weight is 250 g/mol. The van der Waals surface area contributed by atoms with Crippen LogP contribution in [0, 0.1) is 0 Å². The van der Waals surface area contributed by atoms with Crippen molar-refractivity contribution in [2.24, 2.45) is 0 Å². The highest BCUT2D eigenvalue weighted by Crippen LogP contribution is 2.36. The molecule has 3 nitrogen and oxygen atoms in total. The molecular formula is C16H14N2O. The molecule has 0 aliphatic rings. The number of fused-ring (bicyclic) bond motifs is 1. The number of nitrogen functional groups attached to an aromatic ring is 2. The van der Waals surface area contributed by atoms with Crippen molar-refractivity contribution in [3.8, 4) is 11.5 Å². The minimum absolute atomic E-state index is 0.663. The first-order chi connectivity index (χ1) is 9.25. The zero-order chi connectivity index (χ0) is 13.2. The number of rotatable bonds is 2. The summed E-state index contributed by atoms with van der Waals surface area (Å²) in [6.07, 6.45) is 0. The molecule has 3 aromatic rings. The molecule has 0 heterocycles. The Balaban J connectivity index is 2.17. The highest BCUT2D eigenvalue weighted by molar-refractivity contribution is 6.04. The van der Waals surface area contributed by atoms with Gasteiger partial charge in [-0.2, -0.15) is 0 Å². The summed E-state index contributed by atoms with van der Waals surface area (Å²) in [4.78, 5) is 0. The minimum Gasteiger partial charge on any atom is -0.457 e. The molecule has 0 radical (unpaired) electrons. The van der Waals surface area contributed by atoms with Crippen molar-refractivity contribution in [3.05, 3.63) is 60.7 Å². The topological polar surface area (TPSA) is 61.3 Å². The Kier molecular flexibility index (Phi) is 2.72. The Morgan fingerprint density at radius 2 is 1.47 bits per heavy atom. The van der Waals surface area contributed by atoms with Crippen LogP contribution < -0.4 is 16.2 Å². The number of hydrogen-bond donors (Lipinski definition) is 2. The number of para-hydroxylation sites is 1. The first-order valence-electron chi connectivity index (χ1n) is 6.05. The van der Waals surface area contributed by atoms with Gasteiger partial charge < -0.3 is 16.2 Å². The lowest BCUT2D eigenvalue weighted by molar-refractivity contribution is 0.488. The van der Waals surface area contributed by atoms with Crippen molar-refractivity contribution < 1.29 is 4.74 Å². The van der Waals surface area contributed by atoms with Crippen molar-refractivity contribution >= 4 is 22.1 Å². The lowest BCUT2D eigenvalue weighted by atomic mass is 10.1. The van der Waals surface area contributed by atoms with Gasteiger partial charge in [-0.05, 0) is 30.3 Å². The highest BCUT2D eigenvalue weighted by atomic mass is 16.5. The number of benzene rings is 3. The van der Waals surface area contributed by atoms with Gasteiger partial charge in [-0.1, -0.05) is 30.3 Å². The van der Waals surface area contributed by atoms with Gasteiger partial charge in [-0.15, -0.1) is 0 Å². The second-order valence-corrected chi connectivity index (χ2v) is 4.34. The summed E-state index contributed by atoms with van der Waals surface area (Å²) >= 11 is 0. The zero-order valence-electron chi connectivity index (χ0n) is 10.3. The summed E-state index contributed by atoms with van der Waals surface area (Å²) in [5, 5.41) is 1.76. The molecule has 0 saturated heterocycles. The number of anilines is 2. The standard InChI is InChI=1S/C16H14N2O/c17-13-9-10-15(19-11-5-2-1-3-6-11)16-12(13)7-4-8-14(16)18/h1-10H,17-18H2. The Morgan fingerprint density at radius 1 is 0.684 bits per heavy atom. The fourth-order valence-corrected chi connectivity index (χ4v) is 2.12. The molecule has 0 amide bonds. The Labute approximate surface area is 111 Å². The fraction of sp³-hybridized carbons (Fsp3) is 0. The van der Waals surface area contributed by atoms with Crippen molar-refractivity contribution in [3.63, 3.8) is 0 Å². The van der Waals surface area contributed by atoms with Gasteiger partial charge in [0, 0.05) is 22.1 Å². The summed E-state index contributed by atoms with van der Waals surface area (Å²) < 4.78 is 5.89. The van der Waals surface area contributed by atoms with Gasteiger partial charge in [0.2, 0.25) is 0 Å². The quantitative estimate of drug-likeness (QED) is 0.680. The summed E-state index contributed by atoms with van der Waals surface area (Å²) in [6.45, 7) is 0. The average Bonchev–Trinajstić information content (AvgIpc) is 2.43. The normalized spacial score (nSPS) is 10.5. The summed E-state index contributed by atoms with van der Waals surface area (Å²) in [5.74, 6) is 1.49. The van der Waals surface area contributed by atoms with Crippen LogP contribution in [0.25, 0.3) is 10.8 Å². The first-order valence-corrected chi connectivity index (χ1v) is 6.05. The van der Waals surface area contributed by atoms with E-state index >= 15 is 0 Å². The van der Waals surface area contributed by atoms with Crippen molar-refractivity contribution in [1.29, 1.82) is 0 Å². The van der Waals surface area contributed by atoms with Gasteiger partial charge in [0.1, 0.15) is 11.5 Å². The number of nitrogens with two attached hydrogens (primary N) is 2. The van der Waals surface area contributed by atoms with Crippen LogP contribution in [-0.2, 0) is 0 Å². The third-order valence-electron chi connectivity index (χ3n) is 3.04. The van der Waals surface area contributed by atoms with Gasteiger partial charge in [0.05, 0.1) is 0 Å². The van der Waals surface area contributed by atoms with Gasteiger partial charge in [0.25, 0.3) is 0 Å². The summed E-state index contributed by atoms with van der Waals surface area (Å²) in [5.41, 5.74) is 13.4. The van der Waals surface area contributed by atoms with Crippen LogP contribution in [0.1, 0.15) is 0 Å². The third kappa shape index (κ3) is 2.06. The van der Waals surface area contributed by atoms with Gasteiger partial charge in [-0.3, -0.25) is 0 Å². The molecule has 0 bridgehead atoms. The second-order valence-electron chi connectivity index (χ2n) is 4.34.